The van der Waals surface area contributed by atoms with E-state index in [-0.39, 0.29) is 0 Å². The molecule has 0 saturated heterocycles. The molecule has 1 aliphatic carbocycles. The normalized spacial score (nSPS) is 25.9. The fraction of sp³-hybridized carbons (Fsp3) is 0.688. The van der Waals surface area contributed by atoms with Crippen LogP contribution in [-0.4, -0.2) is 17.6 Å². The van der Waals surface area contributed by atoms with Crippen LogP contribution in [0.3, 0.4) is 0 Å². The lowest BCUT2D eigenvalue weighted by atomic mass is 9.71. The molecule has 0 spiro atoms. The zero-order valence-electron chi connectivity index (χ0n) is 12.6. The molecule has 2 rings (SSSR count). The largest absolute Gasteiger partial charge is 0.474 e. The Morgan fingerprint density at radius 1 is 1.37 bits per heavy atom. The Morgan fingerprint density at radius 3 is 2.84 bits per heavy atom. The molecular formula is C16H26N2O. The van der Waals surface area contributed by atoms with E-state index in [0.29, 0.717) is 11.5 Å². The lowest BCUT2D eigenvalue weighted by molar-refractivity contribution is 0.0534. The fourth-order valence-electron chi connectivity index (χ4n) is 3.28. The molecule has 1 fully saturated rings. The molecule has 0 aliphatic heterocycles. The molecule has 0 bridgehead atoms. The van der Waals surface area contributed by atoms with Gasteiger partial charge in [0.15, 0.2) is 0 Å². The summed E-state index contributed by atoms with van der Waals surface area (Å²) >= 11 is 0. The summed E-state index contributed by atoms with van der Waals surface area (Å²) in [5.74, 6) is 2.36. The maximum Gasteiger partial charge on any atom is 0.215 e. The first kappa shape index (κ1) is 14.2. The lowest BCUT2D eigenvalue weighted by Crippen LogP contribution is -2.34. The van der Waals surface area contributed by atoms with Gasteiger partial charge in [0.1, 0.15) is 11.9 Å². The number of nitrogens with zero attached hydrogens (tertiary/aromatic N) is 1. The first-order valence-corrected chi connectivity index (χ1v) is 7.36. The first-order chi connectivity index (χ1) is 8.98. The van der Waals surface area contributed by atoms with Gasteiger partial charge in [-0.1, -0.05) is 26.8 Å². The molecule has 1 aromatic rings. The Hall–Kier alpha value is -1.25. The molecule has 1 saturated carbocycles. The van der Waals surface area contributed by atoms with Gasteiger partial charge in [-0.15, -0.1) is 0 Å². The number of anilines is 1. The monoisotopic (exact) mass is 262 g/mol. The summed E-state index contributed by atoms with van der Waals surface area (Å²) in [6, 6.07) is 5.93. The number of hydrogen-bond acceptors (Lipinski definition) is 3. The zero-order valence-corrected chi connectivity index (χ0v) is 12.6. The number of ether oxygens (including phenoxy) is 1. The van der Waals surface area contributed by atoms with E-state index in [1.165, 1.54) is 6.42 Å². The van der Waals surface area contributed by atoms with Crippen LogP contribution in [0.15, 0.2) is 18.2 Å². The summed E-state index contributed by atoms with van der Waals surface area (Å²) < 4.78 is 6.10. The van der Waals surface area contributed by atoms with Gasteiger partial charge in [-0.3, -0.25) is 0 Å². The van der Waals surface area contributed by atoms with Gasteiger partial charge in [0.05, 0.1) is 0 Å². The minimum Gasteiger partial charge on any atom is -0.474 e. The van der Waals surface area contributed by atoms with E-state index in [1.54, 1.807) is 0 Å². The van der Waals surface area contributed by atoms with E-state index < -0.39 is 0 Å². The van der Waals surface area contributed by atoms with E-state index in [0.717, 1.165) is 37.0 Å². The van der Waals surface area contributed by atoms with Crippen LogP contribution in [0.5, 0.6) is 5.88 Å². The standard InChI is InChI=1S/C16H26N2O/c1-5-17-14-7-6-8-15(18-14)19-13-9-12(2)10-16(3,4)11-13/h6-8,12-13H,5,9-11H2,1-4H3,(H,17,18). The summed E-state index contributed by atoms with van der Waals surface area (Å²) in [6.07, 6.45) is 3.83. The van der Waals surface area contributed by atoms with Gasteiger partial charge in [0.2, 0.25) is 5.88 Å². The van der Waals surface area contributed by atoms with Gasteiger partial charge in [0.25, 0.3) is 0 Å². The Bertz CT molecular complexity index is 417. The van der Waals surface area contributed by atoms with Crippen LogP contribution in [-0.2, 0) is 0 Å². The van der Waals surface area contributed by atoms with Gasteiger partial charge < -0.3 is 10.1 Å². The molecule has 106 valence electrons. The second kappa shape index (κ2) is 5.81. The van der Waals surface area contributed by atoms with Crippen LogP contribution in [0, 0.1) is 11.3 Å². The first-order valence-electron chi connectivity index (χ1n) is 7.36. The number of aromatic nitrogens is 1. The second-order valence-corrected chi connectivity index (χ2v) is 6.54. The van der Waals surface area contributed by atoms with Crippen LogP contribution in [0.1, 0.15) is 47.0 Å². The third kappa shape index (κ3) is 4.12. The predicted molar refractivity (Wildman–Crippen MR) is 79.6 cm³/mol. The highest BCUT2D eigenvalue weighted by molar-refractivity contribution is 5.36. The summed E-state index contributed by atoms with van der Waals surface area (Å²) in [6.45, 7) is 9.94. The number of hydrogen-bond donors (Lipinski definition) is 1. The molecule has 1 heterocycles. The van der Waals surface area contributed by atoms with E-state index in [9.17, 15) is 0 Å². The van der Waals surface area contributed by atoms with Gasteiger partial charge in [0, 0.05) is 12.6 Å². The van der Waals surface area contributed by atoms with Crippen LogP contribution in [0.4, 0.5) is 5.82 Å². The molecule has 2 atom stereocenters. The van der Waals surface area contributed by atoms with Crippen LogP contribution >= 0.6 is 0 Å². The summed E-state index contributed by atoms with van der Waals surface area (Å²) in [5.41, 5.74) is 0.377. The van der Waals surface area contributed by atoms with E-state index in [2.05, 4.69) is 38.0 Å². The lowest BCUT2D eigenvalue weighted by Gasteiger charge is -2.38. The minimum atomic E-state index is 0.295. The van der Waals surface area contributed by atoms with Crippen LogP contribution < -0.4 is 10.1 Å². The predicted octanol–water partition coefficient (Wildman–Crippen LogP) is 4.11. The average Bonchev–Trinajstić information content (AvgIpc) is 2.26. The van der Waals surface area contributed by atoms with Crippen molar-refractivity contribution < 1.29 is 4.74 Å². The molecule has 3 heteroatoms. The highest BCUT2D eigenvalue weighted by Gasteiger charge is 2.33. The molecule has 1 aromatic heterocycles. The molecule has 2 unspecified atom stereocenters. The zero-order chi connectivity index (χ0) is 13.9. The van der Waals surface area contributed by atoms with Gasteiger partial charge in [-0.05, 0) is 43.6 Å². The molecule has 0 radical (unpaired) electrons. The topological polar surface area (TPSA) is 34.1 Å². The van der Waals surface area contributed by atoms with Crippen molar-refractivity contribution in [1.82, 2.24) is 4.98 Å². The Morgan fingerprint density at radius 2 is 2.16 bits per heavy atom. The van der Waals surface area contributed by atoms with Crippen molar-refractivity contribution in [3.8, 4) is 5.88 Å². The SMILES string of the molecule is CCNc1cccc(OC2CC(C)CC(C)(C)C2)n1. The van der Waals surface area contributed by atoms with Crippen LogP contribution in [0.25, 0.3) is 0 Å². The van der Waals surface area contributed by atoms with Crippen molar-refractivity contribution in [3.05, 3.63) is 18.2 Å². The molecular weight excluding hydrogens is 236 g/mol. The van der Waals surface area contributed by atoms with E-state index >= 15 is 0 Å². The quantitative estimate of drug-likeness (QED) is 0.886. The van der Waals surface area contributed by atoms with E-state index in [4.69, 9.17) is 4.74 Å². The smallest absolute Gasteiger partial charge is 0.215 e. The molecule has 0 aromatic carbocycles. The molecule has 3 nitrogen and oxygen atoms in total. The summed E-state index contributed by atoms with van der Waals surface area (Å²) in [5, 5.41) is 3.22. The molecule has 19 heavy (non-hydrogen) atoms. The number of pyridine rings is 1. The maximum absolute atomic E-state index is 6.10. The van der Waals surface area contributed by atoms with Crippen molar-refractivity contribution in [1.29, 1.82) is 0 Å². The summed E-state index contributed by atoms with van der Waals surface area (Å²) in [7, 11) is 0. The minimum absolute atomic E-state index is 0.295. The molecule has 1 aliphatic rings. The van der Waals surface area contributed by atoms with Crippen molar-refractivity contribution in [2.45, 2.75) is 53.1 Å². The average molecular weight is 262 g/mol. The number of nitrogens with one attached hydrogen (secondary N) is 1. The fourth-order valence-corrected chi connectivity index (χ4v) is 3.28. The highest BCUT2D eigenvalue weighted by atomic mass is 16.5. The van der Waals surface area contributed by atoms with Gasteiger partial charge in [-0.2, -0.15) is 4.98 Å². The van der Waals surface area contributed by atoms with Gasteiger partial charge >= 0.3 is 0 Å². The Labute approximate surface area is 116 Å². The van der Waals surface area contributed by atoms with Gasteiger partial charge in [-0.25, -0.2) is 0 Å². The van der Waals surface area contributed by atoms with Crippen molar-refractivity contribution >= 4 is 5.82 Å². The van der Waals surface area contributed by atoms with Crippen LogP contribution in [0.2, 0.25) is 0 Å². The Balaban J connectivity index is 2.02. The highest BCUT2D eigenvalue weighted by Crippen LogP contribution is 2.39. The molecule has 1 N–H and O–H groups in total. The van der Waals surface area contributed by atoms with Crippen molar-refractivity contribution in [2.75, 3.05) is 11.9 Å². The third-order valence-corrected chi connectivity index (χ3v) is 3.72. The number of rotatable bonds is 4. The van der Waals surface area contributed by atoms with Crippen molar-refractivity contribution in [2.24, 2.45) is 11.3 Å². The summed E-state index contributed by atoms with van der Waals surface area (Å²) in [4.78, 5) is 4.50. The third-order valence-electron chi connectivity index (χ3n) is 3.72. The second-order valence-electron chi connectivity index (χ2n) is 6.54. The van der Waals surface area contributed by atoms with Crippen molar-refractivity contribution in [3.63, 3.8) is 0 Å². The molecule has 0 amide bonds. The maximum atomic E-state index is 6.10. The van der Waals surface area contributed by atoms with E-state index in [1.807, 2.05) is 18.2 Å². The Kier molecular flexibility index (Phi) is 4.33.